The van der Waals surface area contributed by atoms with Gasteiger partial charge < -0.3 is 5.11 Å². The lowest BCUT2D eigenvalue weighted by molar-refractivity contribution is -0.141. The molecule has 0 spiro atoms. The van der Waals surface area contributed by atoms with Gasteiger partial charge in [-0.15, -0.1) is 0 Å². The number of aliphatic carboxylic acids is 1. The number of carboxylic acids is 1. The maximum atomic E-state index is 10.5. The van der Waals surface area contributed by atoms with Gasteiger partial charge in [0, 0.05) is 0 Å². The Morgan fingerprint density at radius 2 is 1.85 bits per heavy atom. The Bertz CT molecular complexity index is 143. The lowest BCUT2D eigenvalue weighted by Crippen LogP contribution is -2.09. The summed E-state index contributed by atoms with van der Waals surface area (Å²) in [5.41, 5.74) is 0. The number of hydrogen-bond donors (Lipinski definition) is 1. The largest absolute Gasteiger partial charge is 0.481 e. The van der Waals surface area contributed by atoms with E-state index in [2.05, 4.69) is 13.8 Å². The van der Waals surface area contributed by atoms with Crippen LogP contribution in [0.2, 0.25) is 0 Å². The molecule has 0 aliphatic rings. The van der Waals surface area contributed by atoms with E-state index in [-0.39, 0.29) is 5.92 Å². The molecule has 13 heavy (non-hydrogen) atoms. The van der Waals surface area contributed by atoms with Gasteiger partial charge in [0.25, 0.3) is 0 Å². The second-order valence-corrected chi connectivity index (χ2v) is 4.06. The van der Waals surface area contributed by atoms with Gasteiger partial charge in [0.15, 0.2) is 0 Å². The predicted molar refractivity (Wildman–Crippen MR) is 54.7 cm³/mol. The minimum absolute atomic E-state index is 0.172. The first kappa shape index (κ1) is 12.5. The third-order valence-corrected chi connectivity index (χ3v) is 2.54. The van der Waals surface area contributed by atoms with E-state index < -0.39 is 5.97 Å². The van der Waals surface area contributed by atoms with Gasteiger partial charge in [-0.1, -0.05) is 46.5 Å². The summed E-state index contributed by atoms with van der Waals surface area (Å²) in [4.78, 5) is 10.5. The highest BCUT2D eigenvalue weighted by Crippen LogP contribution is 2.16. The maximum Gasteiger partial charge on any atom is 0.306 e. The first-order valence-corrected chi connectivity index (χ1v) is 5.30. The molecule has 0 fully saturated rings. The van der Waals surface area contributed by atoms with Crippen LogP contribution in [0.5, 0.6) is 0 Å². The Balaban J connectivity index is 3.39. The number of carboxylic acid groups (broad SMARTS) is 1. The lowest BCUT2D eigenvalue weighted by Gasteiger charge is -2.10. The van der Waals surface area contributed by atoms with E-state index in [1.807, 2.05) is 0 Å². The Morgan fingerprint density at radius 3 is 2.31 bits per heavy atom. The van der Waals surface area contributed by atoms with Crippen LogP contribution in [0.25, 0.3) is 0 Å². The molecule has 0 saturated carbocycles. The summed E-state index contributed by atoms with van der Waals surface area (Å²) in [6, 6.07) is 0. The second-order valence-electron chi connectivity index (χ2n) is 4.06. The van der Waals surface area contributed by atoms with Crippen molar-refractivity contribution < 1.29 is 9.90 Å². The highest BCUT2D eigenvalue weighted by Gasteiger charge is 2.10. The third-order valence-electron chi connectivity index (χ3n) is 2.54. The quantitative estimate of drug-likeness (QED) is 0.662. The van der Waals surface area contributed by atoms with Crippen molar-refractivity contribution >= 4 is 5.97 Å². The Labute approximate surface area is 81.3 Å². The molecule has 1 unspecified atom stereocenters. The van der Waals surface area contributed by atoms with Crippen molar-refractivity contribution in [3.05, 3.63) is 0 Å². The normalized spacial score (nSPS) is 15.3. The third kappa shape index (κ3) is 6.62. The topological polar surface area (TPSA) is 37.3 Å². The predicted octanol–water partition coefficient (Wildman–Crippen LogP) is 3.31. The van der Waals surface area contributed by atoms with Gasteiger partial charge >= 0.3 is 5.97 Å². The van der Waals surface area contributed by atoms with Gasteiger partial charge in [0.1, 0.15) is 0 Å². The van der Waals surface area contributed by atoms with Crippen LogP contribution in [0.3, 0.4) is 0 Å². The Morgan fingerprint density at radius 1 is 1.23 bits per heavy atom. The van der Waals surface area contributed by atoms with Gasteiger partial charge in [0.05, 0.1) is 5.92 Å². The molecule has 0 amide bonds. The molecule has 0 heterocycles. The molecule has 2 heteroatoms. The fraction of sp³-hybridized carbons (Fsp3) is 0.909. The van der Waals surface area contributed by atoms with E-state index in [0.717, 1.165) is 18.8 Å². The summed E-state index contributed by atoms with van der Waals surface area (Å²) in [6.45, 7) is 6.22. The van der Waals surface area contributed by atoms with Crippen LogP contribution in [0, 0.1) is 11.8 Å². The molecule has 2 atom stereocenters. The molecule has 2 nitrogen and oxygen atoms in total. The van der Waals surface area contributed by atoms with Crippen LogP contribution in [0.4, 0.5) is 0 Å². The lowest BCUT2D eigenvalue weighted by atomic mass is 9.96. The minimum atomic E-state index is -0.664. The van der Waals surface area contributed by atoms with Crippen molar-refractivity contribution in [2.45, 2.75) is 52.9 Å². The molecule has 78 valence electrons. The van der Waals surface area contributed by atoms with Gasteiger partial charge in [-0.05, 0) is 12.3 Å². The molecule has 0 saturated heterocycles. The van der Waals surface area contributed by atoms with Gasteiger partial charge in [-0.25, -0.2) is 0 Å². The Hall–Kier alpha value is -0.530. The van der Waals surface area contributed by atoms with Gasteiger partial charge in [-0.3, -0.25) is 4.79 Å². The van der Waals surface area contributed by atoms with Gasteiger partial charge in [-0.2, -0.15) is 0 Å². The monoisotopic (exact) mass is 186 g/mol. The summed E-state index contributed by atoms with van der Waals surface area (Å²) >= 11 is 0. The first-order chi connectivity index (χ1) is 6.07. The molecule has 0 aliphatic heterocycles. The summed E-state index contributed by atoms with van der Waals surface area (Å²) in [7, 11) is 0. The summed E-state index contributed by atoms with van der Waals surface area (Å²) < 4.78 is 0. The van der Waals surface area contributed by atoms with Crippen LogP contribution >= 0.6 is 0 Å². The molecule has 0 aromatic heterocycles. The highest BCUT2D eigenvalue weighted by molar-refractivity contribution is 5.69. The zero-order valence-electron chi connectivity index (χ0n) is 9.05. The van der Waals surface area contributed by atoms with E-state index in [0.29, 0.717) is 0 Å². The van der Waals surface area contributed by atoms with E-state index in [1.54, 1.807) is 6.92 Å². The highest BCUT2D eigenvalue weighted by atomic mass is 16.4. The number of rotatable bonds is 7. The van der Waals surface area contributed by atoms with Crippen LogP contribution in [-0.2, 0) is 4.79 Å². The molecule has 0 bridgehead atoms. The van der Waals surface area contributed by atoms with Gasteiger partial charge in [0.2, 0.25) is 0 Å². The van der Waals surface area contributed by atoms with Crippen LogP contribution in [-0.4, -0.2) is 11.1 Å². The zero-order chi connectivity index (χ0) is 10.3. The summed E-state index contributed by atoms with van der Waals surface area (Å²) in [5.74, 6) is -0.0806. The fourth-order valence-corrected chi connectivity index (χ4v) is 1.53. The average molecular weight is 186 g/mol. The fourth-order valence-electron chi connectivity index (χ4n) is 1.53. The molecule has 0 aromatic carbocycles. The van der Waals surface area contributed by atoms with Crippen molar-refractivity contribution in [2.75, 3.05) is 0 Å². The first-order valence-electron chi connectivity index (χ1n) is 5.30. The van der Waals surface area contributed by atoms with E-state index in [9.17, 15) is 4.79 Å². The van der Waals surface area contributed by atoms with E-state index >= 15 is 0 Å². The smallest absolute Gasteiger partial charge is 0.306 e. The summed E-state index contributed by atoms with van der Waals surface area (Å²) in [6.07, 6.45) is 5.54. The second kappa shape index (κ2) is 6.93. The SMILES string of the molecule is CCCC(C)CCC[C@H](C)C(=O)O. The van der Waals surface area contributed by atoms with Crippen molar-refractivity contribution in [1.82, 2.24) is 0 Å². The maximum absolute atomic E-state index is 10.5. The average Bonchev–Trinajstić information content (AvgIpc) is 2.04. The van der Waals surface area contributed by atoms with Crippen molar-refractivity contribution in [3.63, 3.8) is 0 Å². The molecule has 1 N–H and O–H groups in total. The van der Waals surface area contributed by atoms with Crippen molar-refractivity contribution in [3.8, 4) is 0 Å². The van der Waals surface area contributed by atoms with E-state index in [4.69, 9.17) is 5.11 Å². The molecule has 0 aromatic rings. The molecule has 0 radical (unpaired) electrons. The van der Waals surface area contributed by atoms with Crippen molar-refractivity contribution in [2.24, 2.45) is 11.8 Å². The van der Waals surface area contributed by atoms with Crippen LogP contribution < -0.4 is 0 Å². The number of hydrogen-bond acceptors (Lipinski definition) is 1. The minimum Gasteiger partial charge on any atom is -0.481 e. The van der Waals surface area contributed by atoms with E-state index in [1.165, 1.54) is 19.3 Å². The van der Waals surface area contributed by atoms with Crippen molar-refractivity contribution in [1.29, 1.82) is 0 Å². The molecule has 0 aliphatic carbocycles. The molecule has 0 rings (SSSR count). The zero-order valence-corrected chi connectivity index (χ0v) is 9.05. The van der Waals surface area contributed by atoms with Crippen LogP contribution in [0.1, 0.15) is 52.9 Å². The molecular formula is C11H22O2. The summed E-state index contributed by atoms with van der Waals surface area (Å²) in [5, 5.41) is 8.65. The number of carbonyl (C=O) groups is 1. The molecular weight excluding hydrogens is 164 g/mol. The standard InChI is InChI=1S/C11H22O2/c1-4-6-9(2)7-5-8-10(3)11(12)13/h9-10H,4-8H2,1-3H3,(H,12,13)/t9?,10-/m0/s1. The Kier molecular flexibility index (Phi) is 6.65. The van der Waals surface area contributed by atoms with Crippen LogP contribution in [0.15, 0.2) is 0 Å².